The fraction of sp³-hybridized carbons (Fsp3) is 0.316. The van der Waals surface area contributed by atoms with Crippen LogP contribution in [0.2, 0.25) is 0 Å². The van der Waals surface area contributed by atoms with Gasteiger partial charge in [0.2, 0.25) is 0 Å². The number of methoxy groups -OCH3 is 1. The number of aromatic nitrogens is 3. The molecular formula is C19H19N5O4S. The molecule has 1 N–H and O–H groups in total. The standard InChI is InChI=1S/C19H19N5O4S/c1-10-12(18(25)27-2)7-15(28-10)14-9-20-13-5-6-16(23-17(13)22-14)24(29)19(26)21-8-11-3-4-11/h5-7,9,11,29H,3-4,8H2,1-2H3,(H,21,26). The molecule has 0 radical (unpaired) electrons. The first-order chi connectivity index (χ1) is 14.0. The largest absolute Gasteiger partial charge is 0.465 e. The maximum atomic E-state index is 12.2. The molecule has 2 amide bonds. The second kappa shape index (κ2) is 7.70. The summed E-state index contributed by atoms with van der Waals surface area (Å²) in [4.78, 5) is 37.2. The zero-order valence-electron chi connectivity index (χ0n) is 15.9. The van der Waals surface area contributed by atoms with E-state index in [0.29, 0.717) is 52.2 Å². The summed E-state index contributed by atoms with van der Waals surface area (Å²) < 4.78 is 11.5. The highest BCUT2D eigenvalue weighted by molar-refractivity contribution is 7.82. The fourth-order valence-electron chi connectivity index (χ4n) is 2.78. The van der Waals surface area contributed by atoms with Crippen LogP contribution >= 0.6 is 12.8 Å². The van der Waals surface area contributed by atoms with Crippen LogP contribution in [-0.4, -0.2) is 40.6 Å². The van der Waals surface area contributed by atoms with Crippen LogP contribution < -0.4 is 9.62 Å². The SMILES string of the molecule is COC(=O)c1cc(-c2cnc3ccc(N(S)C(=O)NCC4CC4)nc3n2)oc1C. The molecule has 150 valence electrons. The molecule has 0 saturated heterocycles. The van der Waals surface area contributed by atoms with Gasteiger partial charge in [0.25, 0.3) is 0 Å². The molecule has 0 spiro atoms. The number of nitrogens with zero attached hydrogens (tertiary/aromatic N) is 4. The molecule has 3 aromatic rings. The topological polar surface area (TPSA) is 110 Å². The minimum Gasteiger partial charge on any atom is -0.465 e. The lowest BCUT2D eigenvalue weighted by atomic mass is 10.2. The molecule has 9 nitrogen and oxygen atoms in total. The number of fused-ring (bicyclic) bond motifs is 1. The fourth-order valence-corrected chi connectivity index (χ4v) is 2.96. The van der Waals surface area contributed by atoms with Crippen molar-refractivity contribution in [3.8, 4) is 11.5 Å². The second-order valence-electron chi connectivity index (χ2n) is 6.78. The van der Waals surface area contributed by atoms with Crippen LogP contribution in [0.4, 0.5) is 10.6 Å². The normalized spacial score (nSPS) is 13.3. The molecule has 0 bridgehead atoms. The smallest absolute Gasteiger partial charge is 0.341 e. The predicted molar refractivity (Wildman–Crippen MR) is 109 cm³/mol. The Balaban J connectivity index is 1.61. The van der Waals surface area contributed by atoms with Crippen LogP contribution in [0.15, 0.2) is 28.8 Å². The molecule has 0 atom stereocenters. The van der Waals surface area contributed by atoms with Crippen molar-refractivity contribution in [3.63, 3.8) is 0 Å². The van der Waals surface area contributed by atoms with Gasteiger partial charge in [0, 0.05) is 12.6 Å². The average Bonchev–Trinajstić information content (AvgIpc) is 3.49. The number of rotatable bonds is 5. The number of hydrogen-bond acceptors (Lipinski definition) is 8. The first-order valence-corrected chi connectivity index (χ1v) is 9.46. The molecule has 3 aromatic heterocycles. The molecule has 1 saturated carbocycles. The zero-order valence-corrected chi connectivity index (χ0v) is 16.8. The van der Waals surface area contributed by atoms with Crippen LogP contribution in [0.3, 0.4) is 0 Å². The highest BCUT2D eigenvalue weighted by atomic mass is 32.1. The van der Waals surface area contributed by atoms with E-state index in [-0.39, 0.29) is 6.03 Å². The van der Waals surface area contributed by atoms with Crippen LogP contribution in [0.5, 0.6) is 0 Å². The van der Waals surface area contributed by atoms with Gasteiger partial charge in [0.05, 0.1) is 13.3 Å². The van der Waals surface area contributed by atoms with Crippen molar-refractivity contribution in [2.24, 2.45) is 5.92 Å². The summed E-state index contributed by atoms with van der Waals surface area (Å²) in [5.41, 5.74) is 1.60. The van der Waals surface area contributed by atoms with Gasteiger partial charge in [0.15, 0.2) is 11.4 Å². The van der Waals surface area contributed by atoms with Crippen molar-refractivity contribution in [1.29, 1.82) is 0 Å². The number of aryl methyl sites for hydroxylation is 1. The van der Waals surface area contributed by atoms with Crippen molar-refractivity contribution in [1.82, 2.24) is 20.3 Å². The van der Waals surface area contributed by atoms with Crippen molar-refractivity contribution < 1.29 is 18.7 Å². The Kier molecular flexibility index (Phi) is 5.10. The van der Waals surface area contributed by atoms with E-state index < -0.39 is 5.97 Å². The lowest BCUT2D eigenvalue weighted by Gasteiger charge is -2.15. The Morgan fingerprint density at radius 1 is 1.34 bits per heavy atom. The number of amides is 2. The molecule has 1 aliphatic carbocycles. The Morgan fingerprint density at radius 2 is 2.14 bits per heavy atom. The lowest BCUT2D eigenvalue weighted by molar-refractivity contribution is 0.0598. The van der Waals surface area contributed by atoms with E-state index in [1.54, 1.807) is 25.1 Å². The van der Waals surface area contributed by atoms with Crippen molar-refractivity contribution in [2.75, 3.05) is 18.0 Å². The highest BCUT2D eigenvalue weighted by Crippen LogP contribution is 2.28. The van der Waals surface area contributed by atoms with E-state index in [0.717, 1.165) is 17.1 Å². The zero-order chi connectivity index (χ0) is 20.5. The van der Waals surface area contributed by atoms with E-state index in [4.69, 9.17) is 9.15 Å². The summed E-state index contributed by atoms with van der Waals surface area (Å²) in [5.74, 6) is 1.19. The summed E-state index contributed by atoms with van der Waals surface area (Å²) >= 11 is 4.25. The highest BCUT2D eigenvalue weighted by Gasteiger charge is 2.23. The second-order valence-corrected chi connectivity index (χ2v) is 7.18. The average molecular weight is 413 g/mol. The van der Waals surface area contributed by atoms with Gasteiger partial charge in [-0.1, -0.05) is 12.8 Å². The molecule has 10 heteroatoms. The maximum Gasteiger partial charge on any atom is 0.341 e. The van der Waals surface area contributed by atoms with Crippen molar-refractivity contribution in [3.05, 3.63) is 35.7 Å². The molecule has 1 aliphatic rings. The van der Waals surface area contributed by atoms with Gasteiger partial charge in [-0.25, -0.2) is 23.9 Å². The Hall–Kier alpha value is -3.14. The summed E-state index contributed by atoms with van der Waals surface area (Å²) in [7, 11) is 1.31. The molecule has 4 rings (SSSR count). The third-order valence-corrected chi connectivity index (χ3v) is 5.00. The third kappa shape index (κ3) is 4.02. The Morgan fingerprint density at radius 3 is 2.86 bits per heavy atom. The number of urea groups is 1. The molecule has 0 aromatic carbocycles. The van der Waals surface area contributed by atoms with E-state index in [1.165, 1.54) is 13.3 Å². The van der Waals surface area contributed by atoms with Gasteiger partial charge in [-0.05, 0) is 37.8 Å². The van der Waals surface area contributed by atoms with Crippen molar-refractivity contribution in [2.45, 2.75) is 19.8 Å². The number of carbonyl (C=O) groups excluding carboxylic acids is 2. The number of nitrogens with one attached hydrogen (secondary N) is 1. The number of thiol groups is 1. The number of ether oxygens (including phenoxy) is 1. The minimum absolute atomic E-state index is 0.319. The minimum atomic E-state index is -0.491. The summed E-state index contributed by atoms with van der Waals surface area (Å²) in [6, 6.07) is 4.56. The lowest BCUT2D eigenvalue weighted by Crippen LogP contribution is -2.35. The number of carbonyl (C=O) groups is 2. The number of hydrogen-bond donors (Lipinski definition) is 2. The van der Waals surface area contributed by atoms with Gasteiger partial charge in [0.1, 0.15) is 28.4 Å². The summed E-state index contributed by atoms with van der Waals surface area (Å²) in [6.07, 6.45) is 3.82. The van der Waals surface area contributed by atoms with Gasteiger partial charge < -0.3 is 14.5 Å². The van der Waals surface area contributed by atoms with Gasteiger partial charge in [-0.2, -0.15) is 0 Å². The molecule has 0 unspecified atom stereocenters. The predicted octanol–water partition coefficient (Wildman–Crippen LogP) is 3.15. The molecule has 29 heavy (non-hydrogen) atoms. The van der Waals surface area contributed by atoms with Crippen molar-refractivity contribution >= 4 is 41.8 Å². The monoisotopic (exact) mass is 413 g/mol. The first kappa shape index (κ1) is 19.2. The molecule has 1 fully saturated rings. The first-order valence-electron chi connectivity index (χ1n) is 9.06. The van der Waals surface area contributed by atoms with Crippen LogP contribution in [0, 0.1) is 12.8 Å². The van der Waals surface area contributed by atoms with E-state index in [1.807, 2.05) is 0 Å². The number of furan rings is 1. The Labute approximate surface area is 172 Å². The Bertz CT molecular complexity index is 1100. The van der Waals surface area contributed by atoms with Crippen LogP contribution in [0.1, 0.15) is 29.0 Å². The number of anilines is 1. The summed E-state index contributed by atoms with van der Waals surface area (Å²) in [5, 5.41) is 2.83. The number of pyridine rings is 1. The molecule has 0 aliphatic heterocycles. The third-order valence-electron chi connectivity index (χ3n) is 4.62. The van der Waals surface area contributed by atoms with Gasteiger partial charge in [-0.3, -0.25) is 4.98 Å². The molecule has 3 heterocycles. The summed E-state index contributed by atoms with van der Waals surface area (Å²) in [6.45, 7) is 2.30. The van der Waals surface area contributed by atoms with E-state index >= 15 is 0 Å². The van der Waals surface area contributed by atoms with Gasteiger partial charge in [-0.15, -0.1) is 0 Å². The maximum absolute atomic E-state index is 12.2. The number of esters is 1. The van der Waals surface area contributed by atoms with E-state index in [2.05, 4.69) is 33.1 Å². The molecular weight excluding hydrogens is 394 g/mol. The van der Waals surface area contributed by atoms with Crippen LogP contribution in [-0.2, 0) is 4.74 Å². The van der Waals surface area contributed by atoms with Crippen LogP contribution in [0.25, 0.3) is 22.6 Å². The quantitative estimate of drug-likeness (QED) is 0.488. The van der Waals surface area contributed by atoms with E-state index in [9.17, 15) is 9.59 Å². The van der Waals surface area contributed by atoms with Gasteiger partial charge >= 0.3 is 12.0 Å².